The molecule has 20 heavy (non-hydrogen) atoms. The standard InChI is InChI=1S/C16H24BrNO2/c1-11(2)20-16-9-13(14(17)10-15(16)19-3)8-12-4-6-18-7-5-12/h9-12,18H,4-8H2,1-3H3. The molecule has 1 fully saturated rings. The number of hydrogen-bond donors (Lipinski definition) is 1. The summed E-state index contributed by atoms with van der Waals surface area (Å²) in [5, 5.41) is 3.41. The molecule has 0 saturated carbocycles. The highest BCUT2D eigenvalue weighted by atomic mass is 79.9. The molecule has 0 aliphatic carbocycles. The van der Waals surface area contributed by atoms with Crippen LogP contribution in [0.1, 0.15) is 32.3 Å². The van der Waals surface area contributed by atoms with E-state index < -0.39 is 0 Å². The summed E-state index contributed by atoms with van der Waals surface area (Å²) in [5.74, 6) is 2.39. The second-order valence-electron chi connectivity index (χ2n) is 5.66. The molecule has 0 radical (unpaired) electrons. The van der Waals surface area contributed by atoms with E-state index in [0.29, 0.717) is 0 Å². The molecule has 0 atom stereocenters. The zero-order chi connectivity index (χ0) is 14.5. The molecule has 1 aromatic rings. The van der Waals surface area contributed by atoms with Gasteiger partial charge in [-0.15, -0.1) is 0 Å². The van der Waals surface area contributed by atoms with Gasteiger partial charge in [0, 0.05) is 4.47 Å². The molecule has 4 heteroatoms. The minimum absolute atomic E-state index is 0.150. The lowest BCUT2D eigenvalue weighted by Crippen LogP contribution is -2.28. The first-order valence-electron chi connectivity index (χ1n) is 7.34. The number of halogens is 1. The van der Waals surface area contributed by atoms with Crippen molar-refractivity contribution in [2.24, 2.45) is 5.92 Å². The van der Waals surface area contributed by atoms with Crippen molar-refractivity contribution >= 4 is 15.9 Å². The monoisotopic (exact) mass is 341 g/mol. The van der Waals surface area contributed by atoms with Gasteiger partial charge in [0.05, 0.1) is 13.2 Å². The van der Waals surface area contributed by atoms with Gasteiger partial charge in [0.15, 0.2) is 11.5 Å². The number of piperidine rings is 1. The fourth-order valence-corrected chi connectivity index (χ4v) is 3.12. The number of hydrogen-bond acceptors (Lipinski definition) is 3. The molecule has 0 aromatic heterocycles. The van der Waals surface area contributed by atoms with E-state index in [4.69, 9.17) is 9.47 Å². The zero-order valence-corrected chi connectivity index (χ0v) is 14.1. The summed E-state index contributed by atoms with van der Waals surface area (Å²) in [4.78, 5) is 0. The molecule has 0 bridgehead atoms. The Morgan fingerprint density at radius 2 is 1.95 bits per heavy atom. The Morgan fingerprint density at radius 1 is 1.25 bits per heavy atom. The Bertz CT molecular complexity index is 442. The van der Waals surface area contributed by atoms with E-state index in [9.17, 15) is 0 Å². The van der Waals surface area contributed by atoms with Crippen molar-refractivity contribution in [3.63, 3.8) is 0 Å². The third kappa shape index (κ3) is 4.13. The molecule has 2 rings (SSSR count). The van der Waals surface area contributed by atoms with E-state index in [2.05, 4.69) is 27.3 Å². The van der Waals surface area contributed by atoms with Crippen molar-refractivity contribution in [2.45, 2.75) is 39.2 Å². The number of benzene rings is 1. The van der Waals surface area contributed by atoms with Crippen LogP contribution in [0.3, 0.4) is 0 Å². The van der Waals surface area contributed by atoms with Gasteiger partial charge < -0.3 is 14.8 Å². The van der Waals surface area contributed by atoms with E-state index >= 15 is 0 Å². The lowest BCUT2D eigenvalue weighted by molar-refractivity contribution is 0.229. The number of ether oxygens (including phenoxy) is 2. The van der Waals surface area contributed by atoms with Crippen molar-refractivity contribution in [3.05, 3.63) is 22.2 Å². The third-order valence-electron chi connectivity index (χ3n) is 3.66. The molecule has 1 saturated heterocycles. The Balaban J connectivity index is 2.18. The number of rotatable bonds is 5. The van der Waals surface area contributed by atoms with Gasteiger partial charge in [0.25, 0.3) is 0 Å². The van der Waals surface area contributed by atoms with Crippen molar-refractivity contribution < 1.29 is 9.47 Å². The van der Waals surface area contributed by atoms with Crippen molar-refractivity contribution in [3.8, 4) is 11.5 Å². The molecule has 1 aliphatic rings. The van der Waals surface area contributed by atoms with Gasteiger partial charge in [0.2, 0.25) is 0 Å². The molecule has 3 nitrogen and oxygen atoms in total. The molecular weight excluding hydrogens is 318 g/mol. The van der Waals surface area contributed by atoms with Crippen LogP contribution < -0.4 is 14.8 Å². The van der Waals surface area contributed by atoms with Crippen LogP contribution in [0.2, 0.25) is 0 Å². The summed E-state index contributed by atoms with van der Waals surface area (Å²) >= 11 is 3.66. The molecule has 0 amide bonds. The number of nitrogens with one attached hydrogen (secondary N) is 1. The predicted molar refractivity (Wildman–Crippen MR) is 85.8 cm³/mol. The van der Waals surface area contributed by atoms with E-state index in [1.165, 1.54) is 18.4 Å². The van der Waals surface area contributed by atoms with Crippen molar-refractivity contribution in [1.29, 1.82) is 0 Å². The quantitative estimate of drug-likeness (QED) is 0.883. The Hall–Kier alpha value is -0.740. The number of methoxy groups -OCH3 is 1. The molecule has 1 N–H and O–H groups in total. The minimum atomic E-state index is 0.150. The molecule has 112 valence electrons. The average molecular weight is 342 g/mol. The second kappa shape index (κ2) is 7.32. The van der Waals surface area contributed by atoms with Crippen LogP contribution in [0.5, 0.6) is 11.5 Å². The van der Waals surface area contributed by atoms with Crippen LogP contribution in [0, 0.1) is 5.92 Å². The van der Waals surface area contributed by atoms with Crippen LogP contribution in [0.15, 0.2) is 16.6 Å². The molecular formula is C16H24BrNO2. The minimum Gasteiger partial charge on any atom is -0.493 e. The van der Waals surface area contributed by atoms with Crippen LogP contribution in [0.25, 0.3) is 0 Å². The summed E-state index contributed by atoms with van der Waals surface area (Å²) in [7, 11) is 1.68. The SMILES string of the molecule is COc1cc(Br)c(CC2CCNCC2)cc1OC(C)C. The van der Waals surface area contributed by atoms with Crippen LogP contribution in [0.4, 0.5) is 0 Å². The normalized spacial score (nSPS) is 16.4. The van der Waals surface area contributed by atoms with Crippen molar-refractivity contribution in [2.75, 3.05) is 20.2 Å². The maximum atomic E-state index is 5.86. The van der Waals surface area contributed by atoms with E-state index in [0.717, 1.165) is 41.4 Å². The second-order valence-corrected chi connectivity index (χ2v) is 6.51. The van der Waals surface area contributed by atoms with E-state index in [1.54, 1.807) is 7.11 Å². The Morgan fingerprint density at radius 3 is 2.55 bits per heavy atom. The lowest BCUT2D eigenvalue weighted by Gasteiger charge is -2.24. The predicted octanol–water partition coefficient (Wildman–Crippen LogP) is 3.79. The largest absolute Gasteiger partial charge is 0.493 e. The van der Waals surface area contributed by atoms with Gasteiger partial charge in [-0.05, 0) is 69.8 Å². The molecule has 1 heterocycles. The highest BCUT2D eigenvalue weighted by Gasteiger charge is 2.17. The van der Waals surface area contributed by atoms with E-state index in [-0.39, 0.29) is 6.10 Å². The highest BCUT2D eigenvalue weighted by Crippen LogP contribution is 2.36. The van der Waals surface area contributed by atoms with Crippen LogP contribution in [-0.4, -0.2) is 26.3 Å². The molecule has 1 aliphatic heterocycles. The maximum Gasteiger partial charge on any atom is 0.161 e. The van der Waals surface area contributed by atoms with Gasteiger partial charge in [0.1, 0.15) is 0 Å². The third-order valence-corrected chi connectivity index (χ3v) is 4.40. The zero-order valence-electron chi connectivity index (χ0n) is 12.5. The lowest BCUT2D eigenvalue weighted by atomic mass is 9.91. The first-order valence-corrected chi connectivity index (χ1v) is 8.13. The smallest absolute Gasteiger partial charge is 0.161 e. The average Bonchev–Trinajstić information content (AvgIpc) is 2.42. The summed E-state index contributed by atoms with van der Waals surface area (Å²) in [6.07, 6.45) is 3.75. The van der Waals surface area contributed by atoms with Gasteiger partial charge in [-0.1, -0.05) is 15.9 Å². The van der Waals surface area contributed by atoms with E-state index in [1.807, 2.05) is 19.9 Å². The van der Waals surface area contributed by atoms with Crippen molar-refractivity contribution in [1.82, 2.24) is 5.32 Å². The maximum absolute atomic E-state index is 5.86. The summed E-state index contributed by atoms with van der Waals surface area (Å²) in [6, 6.07) is 4.15. The highest BCUT2D eigenvalue weighted by molar-refractivity contribution is 9.10. The fraction of sp³-hybridized carbons (Fsp3) is 0.625. The molecule has 1 aromatic carbocycles. The topological polar surface area (TPSA) is 30.5 Å². The summed E-state index contributed by atoms with van der Waals surface area (Å²) in [5.41, 5.74) is 1.31. The summed E-state index contributed by atoms with van der Waals surface area (Å²) < 4.78 is 12.4. The van der Waals surface area contributed by atoms with Crippen LogP contribution in [-0.2, 0) is 6.42 Å². The molecule has 0 unspecified atom stereocenters. The van der Waals surface area contributed by atoms with Crippen LogP contribution >= 0.6 is 15.9 Å². The first kappa shape index (κ1) is 15.6. The fourth-order valence-electron chi connectivity index (χ4n) is 2.64. The van der Waals surface area contributed by atoms with Gasteiger partial charge in [-0.3, -0.25) is 0 Å². The van der Waals surface area contributed by atoms with Gasteiger partial charge >= 0.3 is 0 Å². The molecule has 0 spiro atoms. The Kier molecular flexibility index (Phi) is 5.73. The summed E-state index contributed by atoms with van der Waals surface area (Å²) in [6.45, 7) is 6.34. The van der Waals surface area contributed by atoms with Gasteiger partial charge in [-0.2, -0.15) is 0 Å². The first-order chi connectivity index (χ1) is 9.60. The Labute approximate surface area is 130 Å². The van der Waals surface area contributed by atoms with Gasteiger partial charge in [-0.25, -0.2) is 0 Å².